The molecule has 13 atom stereocenters. The van der Waals surface area contributed by atoms with Crippen LogP contribution in [0.15, 0.2) is 22.8 Å². The standard InChI is InChI=1S/C31H48O12/c1-14(12-40-16(3)33)20-9-23(35)31(5)10-21-18(13-39-6)7-8-19(21)15(2)25(36)28(24(20)31)43-30-27(38)29(41-17(4)34)26(37)22(11-32)42-30/h10,14-15,18-19,22-23,25-30,32,35-38H,7-9,11-13H2,1-6H3/t14-,15-,18-,19+,22?,23+,25-,26?,27?,28-,29?,30-,31+/m1/s1. The van der Waals surface area contributed by atoms with Crippen molar-refractivity contribution >= 4 is 11.9 Å². The van der Waals surface area contributed by atoms with Crippen molar-refractivity contribution in [2.24, 2.45) is 29.1 Å². The van der Waals surface area contributed by atoms with Crippen molar-refractivity contribution in [2.45, 2.75) is 103 Å². The van der Waals surface area contributed by atoms with Crippen molar-refractivity contribution in [3.05, 3.63) is 22.8 Å². The van der Waals surface area contributed by atoms with Crippen LogP contribution < -0.4 is 0 Å². The third-order valence-corrected chi connectivity index (χ3v) is 9.90. The average Bonchev–Trinajstić information content (AvgIpc) is 3.45. The van der Waals surface area contributed by atoms with E-state index >= 15 is 0 Å². The lowest BCUT2D eigenvalue weighted by molar-refractivity contribution is -0.317. The van der Waals surface area contributed by atoms with Gasteiger partial charge in [0, 0.05) is 38.2 Å². The lowest BCUT2D eigenvalue weighted by atomic mass is 9.68. The maximum atomic E-state index is 12.1. The monoisotopic (exact) mass is 612 g/mol. The van der Waals surface area contributed by atoms with E-state index in [0.29, 0.717) is 12.2 Å². The van der Waals surface area contributed by atoms with Crippen molar-refractivity contribution in [1.82, 2.24) is 0 Å². The highest BCUT2D eigenvalue weighted by Gasteiger charge is 2.55. The first-order valence-electron chi connectivity index (χ1n) is 15.1. The second-order valence-electron chi connectivity index (χ2n) is 12.8. The second-order valence-corrected chi connectivity index (χ2v) is 12.8. The van der Waals surface area contributed by atoms with Crippen LogP contribution in [0, 0.1) is 29.1 Å². The summed E-state index contributed by atoms with van der Waals surface area (Å²) in [6.45, 7) is 8.07. The number of hydrogen-bond donors (Lipinski definition) is 5. The Labute approximate surface area is 252 Å². The Hall–Kier alpha value is -1.90. The van der Waals surface area contributed by atoms with Crippen LogP contribution in [0.3, 0.4) is 0 Å². The van der Waals surface area contributed by atoms with Crippen LogP contribution in [0.4, 0.5) is 0 Å². The Kier molecular flexibility index (Phi) is 10.8. The molecule has 1 saturated heterocycles. The number of aliphatic hydroxyl groups is 5. The smallest absolute Gasteiger partial charge is 0.303 e. The summed E-state index contributed by atoms with van der Waals surface area (Å²) in [5.41, 5.74) is 1.47. The molecule has 43 heavy (non-hydrogen) atoms. The highest BCUT2D eigenvalue weighted by molar-refractivity contribution is 5.66. The van der Waals surface area contributed by atoms with Gasteiger partial charge in [-0.3, -0.25) is 9.59 Å². The number of hydrogen-bond acceptors (Lipinski definition) is 12. The van der Waals surface area contributed by atoms with Gasteiger partial charge >= 0.3 is 11.9 Å². The second kappa shape index (κ2) is 13.6. The molecule has 244 valence electrons. The fourth-order valence-corrected chi connectivity index (χ4v) is 7.54. The van der Waals surface area contributed by atoms with E-state index in [1.165, 1.54) is 6.92 Å². The van der Waals surface area contributed by atoms with Gasteiger partial charge in [-0.1, -0.05) is 31.1 Å². The Morgan fingerprint density at radius 2 is 1.79 bits per heavy atom. The molecule has 0 amide bonds. The van der Waals surface area contributed by atoms with Crippen molar-refractivity contribution in [1.29, 1.82) is 0 Å². The summed E-state index contributed by atoms with van der Waals surface area (Å²) in [5.74, 6) is -1.75. The third kappa shape index (κ3) is 6.57. The minimum absolute atomic E-state index is 0.0210. The molecule has 2 fully saturated rings. The fraction of sp³-hybridized carbons (Fsp3) is 0.806. The molecular weight excluding hydrogens is 564 g/mol. The highest BCUT2D eigenvalue weighted by Crippen LogP contribution is 2.55. The quantitative estimate of drug-likeness (QED) is 0.181. The van der Waals surface area contributed by atoms with E-state index in [2.05, 4.69) is 6.08 Å². The SMILES string of the molecule is COC[C@H]1CC[C@@H]2C1=C[C@]1(C)C(=C([C@H](C)COC(C)=O)C[C@@H]1O)[C@@H](O[C@H]1OC(CO)C(O)C(OC(C)=O)C1O)[C@H](O)[C@@H]2C. The first-order valence-corrected chi connectivity index (χ1v) is 15.1. The molecule has 0 radical (unpaired) electrons. The summed E-state index contributed by atoms with van der Waals surface area (Å²) < 4.78 is 28.3. The number of carbonyl (C=O) groups is 2. The number of aliphatic hydroxyl groups excluding tert-OH is 5. The first kappa shape index (κ1) is 34.0. The van der Waals surface area contributed by atoms with Crippen LogP contribution in [-0.4, -0.2) is 113 Å². The number of ether oxygens (including phenoxy) is 5. The summed E-state index contributed by atoms with van der Waals surface area (Å²) in [6.07, 6.45) is -6.52. The molecule has 12 heteroatoms. The van der Waals surface area contributed by atoms with Gasteiger partial charge in [-0.05, 0) is 43.6 Å². The van der Waals surface area contributed by atoms with E-state index in [4.69, 9.17) is 23.7 Å². The molecule has 0 bridgehead atoms. The number of fused-ring (bicyclic) bond motifs is 2. The molecule has 0 spiro atoms. The molecule has 4 unspecified atom stereocenters. The molecule has 5 N–H and O–H groups in total. The van der Waals surface area contributed by atoms with Crippen LogP contribution in [0.2, 0.25) is 0 Å². The van der Waals surface area contributed by atoms with Gasteiger partial charge in [-0.25, -0.2) is 0 Å². The number of rotatable bonds is 9. The van der Waals surface area contributed by atoms with Gasteiger partial charge in [0.1, 0.15) is 24.4 Å². The Morgan fingerprint density at radius 3 is 2.40 bits per heavy atom. The van der Waals surface area contributed by atoms with Crippen molar-refractivity contribution < 1.29 is 58.8 Å². The van der Waals surface area contributed by atoms with Crippen molar-refractivity contribution in [3.8, 4) is 0 Å². The largest absolute Gasteiger partial charge is 0.465 e. The summed E-state index contributed by atoms with van der Waals surface area (Å²) >= 11 is 0. The summed E-state index contributed by atoms with van der Waals surface area (Å²) in [5, 5.41) is 55.4. The normalized spacial score (nSPS) is 41.9. The first-order chi connectivity index (χ1) is 20.2. The van der Waals surface area contributed by atoms with E-state index in [0.717, 1.165) is 30.9 Å². The zero-order valence-corrected chi connectivity index (χ0v) is 25.8. The van der Waals surface area contributed by atoms with Crippen molar-refractivity contribution in [3.63, 3.8) is 0 Å². The molecule has 1 saturated carbocycles. The molecule has 0 aromatic carbocycles. The number of methoxy groups -OCH3 is 1. The summed E-state index contributed by atoms with van der Waals surface area (Å²) in [7, 11) is 1.65. The lowest BCUT2D eigenvalue weighted by Crippen LogP contribution is -2.62. The van der Waals surface area contributed by atoms with Gasteiger partial charge in [0.2, 0.25) is 0 Å². The molecule has 0 aromatic rings. The van der Waals surface area contributed by atoms with Crippen LogP contribution >= 0.6 is 0 Å². The highest BCUT2D eigenvalue weighted by atomic mass is 16.7. The van der Waals surface area contributed by atoms with Gasteiger partial charge in [0.05, 0.1) is 32.0 Å². The predicted octanol–water partition coefficient (Wildman–Crippen LogP) is 0.619. The van der Waals surface area contributed by atoms with Gasteiger partial charge < -0.3 is 49.2 Å². The summed E-state index contributed by atoms with van der Waals surface area (Å²) in [6, 6.07) is 0. The number of carbonyl (C=O) groups excluding carboxylic acids is 2. The maximum Gasteiger partial charge on any atom is 0.303 e. The maximum absolute atomic E-state index is 12.1. The number of esters is 2. The van der Waals surface area contributed by atoms with Crippen LogP contribution in [0.5, 0.6) is 0 Å². The Balaban J connectivity index is 1.83. The van der Waals surface area contributed by atoms with E-state index in [9.17, 15) is 35.1 Å². The predicted molar refractivity (Wildman–Crippen MR) is 151 cm³/mol. The fourth-order valence-electron chi connectivity index (χ4n) is 7.54. The van der Waals surface area contributed by atoms with Crippen LogP contribution in [-0.2, 0) is 33.3 Å². The molecule has 4 rings (SSSR count). The molecular formula is C31H48O12. The molecule has 1 heterocycles. The minimum Gasteiger partial charge on any atom is -0.465 e. The Morgan fingerprint density at radius 1 is 1.09 bits per heavy atom. The third-order valence-electron chi connectivity index (χ3n) is 9.90. The van der Waals surface area contributed by atoms with Crippen LogP contribution in [0.25, 0.3) is 0 Å². The van der Waals surface area contributed by atoms with E-state index in [-0.39, 0.29) is 36.7 Å². The molecule has 1 aliphatic heterocycles. The van der Waals surface area contributed by atoms with Gasteiger partial charge in [-0.15, -0.1) is 0 Å². The zero-order chi connectivity index (χ0) is 31.8. The topological polar surface area (TPSA) is 181 Å². The van der Waals surface area contributed by atoms with E-state index < -0.39 is 73.0 Å². The van der Waals surface area contributed by atoms with Gasteiger partial charge in [0.15, 0.2) is 12.4 Å². The molecule has 12 nitrogen and oxygen atoms in total. The molecule has 0 aromatic heterocycles. The van der Waals surface area contributed by atoms with E-state index in [1.54, 1.807) is 7.11 Å². The lowest BCUT2D eigenvalue weighted by Gasteiger charge is -2.46. The van der Waals surface area contributed by atoms with Gasteiger partial charge in [0.25, 0.3) is 0 Å². The van der Waals surface area contributed by atoms with Gasteiger partial charge in [-0.2, -0.15) is 0 Å². The molecule has 4 aliphatic rings. The Bertz CT molecular complexity index is 1090. The average molecular weight is 613 g/mol. The molecule has 3 aliphatic carbocycles. The zero-order valence-electron chi connectivity index (χ0n) is 25.8. The summed E-state index contributed by atoms with van der Waals surface area (Å²) in [4.78, 5) is 23.4. The minimum atomic E-state index is -1.65. The van der Waals surface area contributed by atoms with E-state index in [1.807, 2.05) is 20.8 Å². The van der Waals surface area contributed by atoms with Crippen LogP contribution in [0.1, 0.15) is 53.9 Å². The van der Waals surface area contributed by atoms with Crippen molar-refractivity contribution in [2.75, 3.05) is 26.9 Å².